The van der Waals surface area contributed by atoms with Gasteiger partial charge in [-0.3, -0.25) is 4.79 Å². The summed E-state index contributed by atoms with van der Waals surface area (Å²) in [6.45, 7) is 2.38. The van der Waals surface area contributed by atoms with E-state index in [-0.39, 0.29) is 5.91 Å². The Kier molecular flexibility index (Phi) is 7.74. The number of amides is 1. The molecule has 0 saturated carbocycles. The Morgan fingerprint density at radius 3 is 2.32 bits per heavy atom. The molecule has 1 N–H and O–H groups in total. The van der Waals surface area contributed by atoms with Gasteiger partial charge in [0.2, 0.25) is 0 Å². The van der Waals surface area contributed by atoms with Crippen LogP contribution in [0.3, 0.4) is 0 Å². The first kappa shape index (κ1) is 23.3. The number of benzene rings is 4. The minimum absolute atomic E-state index is 0.269. The lowest BCUT2D eigenvalue weighted by Gasteiger charge is -2.12. The van der Waals surface area contributed by atoms with Crippen molar-refractivity contribution in [3.05, 3.63) is 125 Å². The van der Waals surface area contributed by atoms with Gasteiger partial charge in [0.05, 0.1) is 5.71 Å². The van der Waals surface area contributed by atoms with E-state index in [1.54, 1.807) is 12.1 Å². The second-order valence-corrected chi connectivity index (χ2v) is 8.15. The highest BCUT2D eigenvalue weighted by atomic mass is 35.5. The van der Waals surface area contributed by atoms with Crippen LogP contribution in [0, 0.1) is 0 Å². The number of nitrogens with zero attached hydrogens (tertiary/aromatic N) is 1. The van der Waals surface area contributed by atoms with E-state index in [1.807, 2.05) is 85.8 Å². The quantitative estimate of drug-likeness (QED) is 0.221. The van der Waals surface area contributed by atoms with Crippen molar-refractivity contribution in [1.82, 2.24) is 5.43 Å². The average molecular weight is 469 g/mol. The molecule has 4 nitrogen and oxygen atoms in total. The molecule has 0 fully saturated rings. The maximum absolute atomic E-state index is 12.6. The van der Waals surface area contributed by atoms with Crippen molar-refractivity contribution in [2.24, 2.45) is 5.10 Å². The van der Waals surface area contributed by atoms with Gasteiger partial charge in [-0.2, -0.15) is 5.10 Å². The summed E-state index contributed by atoms with van der Waals surface area (Å²) in [5.41, 5.74) is 7.94. The van der Waals surface area contributed by atoms with Gasteiger partial charge in [-0.25, -0.2) is 5.43 Å². The fraction of sp³-hybridized carbons (Fsp3) is 0.103. The number of hydrogen-bond donors (Lipinski definition) is 1. The summed E-state index contributed by atoms with van der Waals surface area (Å²) in [6.07, 6.45) is 0.668. The molecule has 5 heteroatoms. The molecule has 0 aromatic heterocycles. The first-order chi connectivity index (χ1) is 16.6. The second-order valence-electron chi connectivity index (χ2n) is 7.71. The SMILES string of the molecule is CCC(=NNC(=O)c1ccc(COc2ccccc2-c2ccccc2)cc1)c1cccc(Cl)c1. The molecular formula is C29H25ClN2O2. The smallest absolute Gasteiger partial charge is 0.271 e. The Labute approximate surface area is 204 Å². The van der Waals surface area contributed by atoms with Crippen molar-refractivity contribution in [1.29, 1.82) is 0 Å². The molecule has 0 saturated heterocycles. The Morgan fingerprint density at radius 1 is 0.853 bits per heavy atom. The molecule has 0 bridgehead atoms. The first-order valence-corrected chi connectivity index (χ1v) is 11.5. The zero-order valence-corrected chi connectivity index (χ0v) is 19.6. The standard InChI is InChI=1S/C29H25ClN2O2/c1-2-27(24-11-8-12-25(30)19-24)31-32-29(33)23-17-15-21(16-18-23)20-34-28-14-7-6-13-26(28)22-9-4-3-5-10-22/h3-19H,2,20H2,1H3,(H,32,33). The molecule has 170 valence electrons. The Hall–Kier alpha value is -3.89. The van der Waals surface area contributed by atoms with Crippen molar-refractivity contribution in [3.63, 3.8) is 0 Å². The monoisotopic (exact) mass is 468 g/mol. The molecule has 0 atom stereocenters. The highest BCUT2D eigenvalue weighted by Gasteiger charge is 2.09. The molecule has 4 rings (SSSR count). The van der Waals surface area contributed by atoms with Gasteiger partial charge in [0.25, 0.3) is 5.91 Å². The maximum Gasteiger partial charge on any atom is 0.271 e. The van der Waals surface area contributed by atoms with Crippen LogP contribution in [0.5, 0.6) is 5.75 Å². The highest BCUT2D eigenvalue weighted by Crippen LogP contribution is 2.30. The van der Waals surface area contributed by atoms with Crippen molar-refractivity contribution < 1.29 is 9.53 Å². The summed E-state index contributed by atoms with van der Waals surface area (Å²) in [6, 6.07) is 32.9. The van der Waals surface area contributed by atoms with Crippen LogP contribution in [-0.4, -0.2) is 11.6 Å². The van der Waals surface area contributed by atoms with Crippen molar-refractivity contribution in [3.8, 4) is 16.9 Å². The zero-order chi connectivity index (χ0) is 23.8. The van der Waals surface area contributed by atoms with E-state index in [4.69, 9.17) is 16.3 Å². The first-order valence-electron chi connectivity index (χ1n) is 11.1. The van der Waals surface area contributed by atoms with Gasteiger partial charge in [0, 0.05) is 16.1 Å². The van der Waals surface area contributed by atoms with Crippen LogP contribution in [0.1, 0.15) is 34.8 Å². The summed E-state index contributed by atoms with van der Waals surface area (Å²) in [4.78, 5) is 12.6. The number of ether oxygens (including phenoxy) is 1. The molecule has 4 aromatic carbocycles. The van der Waals surface area contributed by atoms with Crippen molar-refractivity contribution in [2.75, 3.05) is 0 Å². The molecule has 0 aliphatic heterocycles. The number of carbonyl (C=O) groups is 1. The third kappa shape index (κ3) is 5.91. The van der Waals surface area contributed by atoms with E-state index in [0.717, 1.165) is 33.7 Å². The van der Waals surface area contributed by atoms with Gasteiger partial charge in [0.1, 0.15) is 12.4 Å². The van der Waals surface area contributed by atoms with Gasteiger partial charge in [-0.15, -0.1) is 0 Å². The molecule has 4 aromatic rings. The molecule has 0 aliphatic carbocycles. The van der Waals surface area contributed by atoms with Crippen LogP contribution >= 0.6 is 11.6 Å². The zero-order valence-electron chi connectivity index (χ0n) is 18.9. The van der Waals surface area contributed by atoms with Crippen LogP contribution in [0.2, 0.25) is 5.02 Å². The van der Waals surface area contributed by atoms with Crippen molar-refractivity contribution in [2.45, 2.75) is 20.0 Å². The van der Waals surface area contributed by atoms with Crippen LogP contribution in [0.15, 0.2) is 108 Å². The van der Waals surface area contributed by atoms with E-state index in [2.05, 4.69) is 22.7 Å². The minimum Gasteiger partial charge on any atom is -0.488 e. The largest absolute Gasteiger partial charge is 0.488 e. The van der Waals surface area contributed by atoms with E-state index in [1.165, 1.54) is 0 Å². The molecule has 0 heterocycles. The number of hydrazone groups is 1. The highest BCUT2D eigenvalue weighted by molar-refractivity contribution is 6.31. The van der Waals surface area contributed by atoms with Gasteiger partial charge < -0.3 is 4.74 Å². The second kappa shape index (κ2) is 11.3. The van der Waals surface area contributed by atoms with Crippen LogP contribution in [-0.2, 0) is 6.61 Å². The summed E-state index contributed by atoms with van der Waals surface area (Å²) in [5.74, 6) is 0.549. The number of hydrogen-bond acceptors (Lipinski definition) is 3. The van der Waals surface area contributed by atoms with Gasteiger partial charge in [-0.1, -0.05) is 91.3 Å². The van der Waals surface area contributed by atoms with Crippen LogP contribution in [0.4, 0.5) is 0 Å². The average Bonchev–Trinajstić information content (AvgIpc) is 2.89. The fourth-order valence-corrected chi connectivity index (χ4v) is 3.75. The van der Waals surface area contributed by atoms with Crippen LogP contribution in [0.25, 0.3) is 11.1 Å². The molecule has 0 aliphatic rings. The third-order valence-electron chi connectivity index (χ3n) is 5.37. The van der Waals surface area contributed by atoms with Gasteiger partial charge >= 0.3 is 0 Å². The topological polar surface area (TPSA) is 50.7 Å². The maximum atomic E-state index is 12.6. The lowest BCUT2D eigenvalue weighted by molar-refractivity contribution is 0.0954. The molecule has 1 amide bonds. The molecule has 0 unspecified atom stereocenters. The number of halogens is 1. The number of nitrogens with one attached hydrogen (secondary N) is 1. The summed E-state index contributed by atoms with van der Waals surface area (Å²) in [7, 11) is 0. The third-order valence-corrected chi connectivity index (χ3v) is 5.60. The summed E-state index contributed by atoms with van der Waals surface area (Å²) >= 11 is 6.07. The molecular weight excluding hydrogens is 444 g/mol. The summed E-state index contributed by atoms with van der Waals surface area (Å²) in [5, 5.41) is 4.93. The lowest BCUT2D eigenvalue weighted by atomic mass is 10.0. The Balaban J connectivity index is 1.40. The molecule has 34 heavy (non-hydrogen) atoms. The predicted octanol–water partition coefficient (Wildman–Crippen LogP) is 7.13. The van der Waals surface area contributed by atoms with E-state index < -0.39 is 0 Å². The van der Waals surface area contributed by atoms with E-state index in [0.29, 0.717) is 23.6 Å². The molecule has 0 radical (unpaired) electrons. The van der Waals surface area contributed by atoms with Crippen molar-refractivity contribution >= 4 is 23.2 Å². The van der Waals surface area contributed by atoms with Gasteiger partial charge in [0.15, 0.2) is 0 Å². The predicted molar refractivity (Wildman–Crippen MR) is 138 cm³/mol. The molecule has 0 spiro atoms. The van der Waals surface area contributed by atoms with E-state index in [9.17, 15) is 4.79 Å². The van der Waals surface area contributed by atoms with E-state index >= 15 is 0 Å². The van der Waals surface area contributed by atoms with Crippen LogP contribution < -0.4 is 10.2 Å². The number of para-hydroxylation sites is 1. The number of rotatable bonds is 8. The normalized spacial score (nSPS) is 11.2. The number of carbonyl (C=O) groups excluding carboxylic acids is 1. The lowest BCUT2D eigenvalue weighted by Crippen LogP contribution is -2.20. The fourth-order valence-electron chi connectivity index (χ4n) is 3.56. The Bertz CT molecular complexity index is 1290. The Morgan fingerprint density at radius 2 is 1.59 bits per heavy atom. The summed E-state index contributed by atoms with van der Waals surface area (Å²) < 4.78 is 6.10. The van der Waals surface area contributed by atoms with Gasteiger partial charge in [-0.05, 0) is 53.4 Å². The minimum atomic E-state index is -0.269.